The molecule has 3 nitrogen and oxygen atoms in total. The third kappa shape index (κ3) is 1.94. The molecule has 1 aliphatic carbocycles. The van der Waals surface area contributed by atoms with Crippen LogP contribution in [0.4, 0.5) is 0 Å². The van der Waals surface area contributed by atoms with E-state index in [1.807, 2.05) is 18.2 Å². The summed E-state index contributed by atoms with van der Waals surface area (Å²) >= 11 is 0. The van der Waals surface area contributed by atoms with Gasteiger partial charge in [0, 0.05) is 17.5 Å². The van der Waals surface area contributed by atoms with Crippen LogP contribution in [-0.2, 0) is 13.0 Å². The summed E-state index contributed by atoms with van der Waals surface area (Å²) in [4.78, 5) is 11.5. The third-order valence-electron chi connectivity index (χ3n) is 3.70. The summed E-state index contributed by atoms with van der Waals surface area (Å²) < 4.78 is 2.10. The Bertz CT molecular complexity index is 608. The van der Waals surface area contributed by atoms with Crippen LogP contribution in [0.15, 0.2) is 18.2 Å². The zero-order valence-corrected chi connectivity index (χ0v) is 10.9. The van der Waals surface area contributed by atoms with Crippen molar-refractivity contribution < 1.29 is 4.79 Å². The smallest absolute Gasteiger partial charge is 0.159 e. The molecule has 0 N–H and O–H groups in total. The van der Waals surface area contributed by atoms with Gasteiger partial charge >= 0.3 is 0 Å². The Kier molecular flexibility index (Phi) is 2.69. The average molecular weight is 242 g/mol. The molecule has 0 unspecified atom stereocenters. The first-order valence-electron chi connectivity index (χ1n) is 6.69. The average Bonchev–Trinajstić information content (AvgIpc) is 3.11. The van der Waals surface area contributed by atoms with Gasteiger partial charge in [-0.3, -0.25) is 9.48 Å². The normalized spacial score (nSPS) is 15.2. The molecule has 0 spiro atoms. The van der Waals surface area contributed by atoms with E-state index in [0.717, 1.165) is 35.7 Å². The fraction of sp³-hybridized carbons (Fsp3) is 0.467. The molecule has 2 aromatic rings. The van der Waals surface area contributed by atoms with Crippen LogP contribution in [0, 0.1) is 5.92 Å². The number of rotatable bonds is 4. The number of hydrogen-bond acceptors (Lipinski definition) is 2. The number of aryl methyl sites for hydroxylation is 1. The van der Waals surface area contributed by atoms with Gasteiger partial charge in [-0.1, -0.05) is 19.1 Å². The number of benzene rings is 1. The van der Waals surface area contributed by atoms with E-state index in [1.54, 1.807) is 6.92 Å². The predicted octanol–water partition coefficient (Wildman–Crippen LogP) is 3.21. The van der Waals surface area contributed by atoms with Crippen LogP contribution in [0.1, 0.15) is 42.7 Å². The van der Waals surface area contributed by atoms with Gasteiger partial charge in [0.1, 0.15) is 0 Å². The molecule has 3 heteroatoms. The minimum atomic E-state index is 0.120. The van der Waals surface area contributed by atoms with Crippen molar-refractivity contribution in [3.05, 3.63) is 29.5 Å². The molecule has 3 rings (SSSR count). The number of nitrogens with zero attached hydrogens (tertiary/aromatic N) is 2. The second kappa shape index (κ2) is 4.23. The maximum absolute atomic E-state index is 11.5. The Labute approximate surface area is 107 Å². The molecule has 1 aliphatic rings. The zero-order valence-electron chi connectivity index (χ0n) is 10.9. The summed E-state index contributed by atoms with van der Waals surface area (Å²) in [6.45, 7) is 4.74. The molecule has 1 aromatic heterocycles. The van der Waals surface area contributed by atoms with Crippen molar-refractivity contribution in [2.24, 2.45) is 5.92 Å². The van der Waals surface area contributed by atoms with E-state index in [0.29, 0.717) is 0 Å². The van der Waals surface area contributed by atoms with Gasteiger partial charge < -0.3 is 0 Å². The van der Waals surface area contributed by atoms with Gasteiger partial charge in [-0.25, -0.2) is 0 Å². The molecule has 0 radical (unpaired) electrons. The summed E-state index contributed by atoms with van der Waals surface area (Å²) in [5.41, 5.74) is 3.04. The first-order chi connectivity index (χ1) is 8.69. The van der Waals surface area contributed by atoms with Crippen molar-refractivity contribution in [2.45, 2.75) is 39.7 Å². The van der Waals surface area contributed by atoms with Gasteiger partial charge in [-0.05, 0) is 38.2 Å². The highest BCUT2D eigenvalue weighted by molar-refractivity contribution is 5.98. The number of hydrogen-bond donors (Lipinski definition) is 0. The molecule has 0 atom stereocenters. The lowest BCUT2D eigenvalue weighted by atomic mass is 10.1. The lowest BCUT2D eigenvalue weighted by Crippen LogP contribution is -2.02. The second-order valence-electron chi connectivity index (χ2n) is 5.21. The number of carbonyl (C=O) groups excluding carboxylic acids is 1. The maximum atomic E-state index is 11.5. The van der Waals surface area contributed by atoms with Crippen LogP contribution >= 0.6 is 0 Å². The number of fused-ring (bicyclic) bond motifs is 1. The quantitative estimate of drug-likeness (QED) is 0.772. The molecule has 1 heterocycles. The lowest BCUT2D eigenvalue weighted by molar-refractivity contribution is 0.101. The molecule has 0 aliphatic heterocycles. The lowest BCUT2D eigenvalue weighted by Gasteiger charge is -2.02. The summed E-state index contributed by atoms with van der Waals surface area (Å²) in [7, 11) is 0. The summed E-state index contributed by atoms with van der Waals surface area (Å²) in [6.07, 6.45) is 3.57. The molecule has 0 bridgehead atoms. The highest BCUT2D eigenvalue weighted by Gasteiger charge is 2.23. The molecule has 1 fully saturated rings. The number of carbonyl (C=O) groups is 1. The van der Waals surface area contributed by atoms with Crippen molar-refractivity contribution in [1.29, 1.82) is 0 Å². The number of aromatic nitrogens is 2. The van der Waals surface area contributed by atoms with Crippen LogP contribution < -0.4 is 0 Å². The largest absolute Gasteiger partial charge is 0.295 e. The molecule has 0 saturated heterocycles. The Hall–Kier alpha value is -1.64. The van der Waals surface area contributed by atoms with Crippen LogP contribution in [0.3, 0.4) is 0 Å². The van der Waals surface area contributed by atoms with Gasteiger partial charge in [-0.2, -0.15) is 5.10 Å². The topological polar surface area (TPSA) is 34.9 Å². The summed E-state index contributed by atoms with van der Waals surface area (Å²) in [5.74, 6) is 0.910. The zero-order chi connectivity index (χ0) is 12.7. The molecule has 94 valence electrons. The van der Waals surface area contributed by atoms with Crippen LogP contribution in [-0.4, -0.2) is 15.6 Å². The van der Waals surface area contributed by atoms with E-state index in [9.17, 15) is 4.79 Å². The van der Waals surface area contributed by atoms with Gasteiger partial charge in [0.2, 0.25) is 0 Å². The molecule has 1 aromatic carbocycles. The first kappa shape index (κ1) is 11.5. The van der Waals surface area contributed by atoms with Gasteiger partial charge in [0.15, 0.2) is 5.78 Å². The highest BCUT2D eigenvalue weighted by Crippen LogP contribution is 2.32. The Morgan fingerprint density at radius 2 is 2.22 bits per heavy atom. The van der Waals surface area contributed by atoms with Crippen molar-refractivity contribution in [2.75, 3.05) is 0 Å². The molecular weight excluding hydrogens is 224 g/mol. The molecular formula is C15H18N2O. The fourth-order valence-corrected chi connectivity index (χ4v) is 2.41. The van der Waals surface area contributed by atoms with Gasteiger partial charge in [-0.15, -0.1) is 0 Å². The van der Waals surface area contributed by atoms with Gasteiger partial charge in [0.05, 0.1) is 11.2 Å². The number of Topliss-reactive ketones (excluding diaryl/α,β-unsaturated/α-hetero) is 1. The SMILES string of the molecule is CCc1nn(CC2CC2)c2cc(C(C)=O)ccc12. The Morgan fingerprint density at radius 1 is 1.44 bits per heavy atom. The number of ketones is 1. The van der Waals surface area contributed by atoms with E-state index >= 15 is 0 Å². The Balaban J connectivity index is 2.13. The molecule has 18 heavy (non-hydrogen) atoms. The van der Waals surface area contributed by atoms with Crippen molar-refractivity contribution in [3.8, 4) is 0 Å². The van der Waals surface area contributed by atoms with E-state index in [1.165, 1.54) is 18.2 Å². The van der Waals surface area contributed by atoms with Gasteiger partial charge in [0.25, 0.3) is 0 Å². The third-order valence-corrected chi connectivity index (χ3v) is 3.70. The summed E-state index contributed by atoms with van der Waals surface area (Å²) in [5, 5.41) is 5.89. The molecule has 0 amide bonds. The predicted molar refractivity (Wildman–Crippen MR) is 71.8 cm³/mol. The van der Waals surface area contributed by atoms with Crippen molar-refractivity contribution in [1.82, 2.24) is 9.78 Å². The van der Waals surface area contributed by atoms with Crippen LogP contribution in [0.5, 0.6) is 0 Å². The van der Waals surface area contributed by atoms with Crippen LogP contribution in [0.25, 0.3) is 10.9 Å². The Morgan fingerprint density at radius 3 is 2.83 bits per heavy atom. The van der Waals surface area contributed by atoms with E-state index < -0.39 is 0 Å². The van der Waals surface area contributed by atoms with E-state index in [2.05, 4.69) is 11.6 Å². The summed E-state index contributed by atoms with van der Waals surface area (Å²) in [6, 6.07) is 5.94. The van der Waals surface area contributed by atoms with Crippen molar-refractivity contribution >= 4 is 16.7 Å². The van der Waals surface area contributed by atoms with E-state index in [-0.39, 0.29) is 5.78 Å². The standard InChI is InChI=1S/C15H18N2O/c1-3-14-13-7-6-12(10(2)18)8-15(13)17(16-14)9-11-4-5-11/h6-8,11H,3-5,9H2,1-2H3. The highest BCUT2D eigenvalue weighted by atomic mass is 16.1. The minimum Gasteiger partial charge on any atom is -0.295 e. The molecule has 1 saturated carbocycles. The monoisotopic (exact) mass is 242 g/mol. The fourth-order valence-electron chi connectivity index (χ4n) is 2.41. The van der Waals surface area contributed by atoms with E-state index in [4.69, 9.17) is 5.10 Å². The van der Waals surface area contributed by atoms with Crippen molar-refractivity contribution in [3.63, 3.8) is 0 Å². The maximum Gasteiger partial charge on any atom is 0.159 e. The first-order valence-corrected chi connectivity index (χ1v) is 6.69. The minimum absolute atomic E-state index is 0.120. The van der Waals surface area contributed by atoms with Crippen LogP contribution in [0.2, 0.25) is 0 Å². The second-order valence-corrected chi connectivity index (χ2v) is 5.21.